The molecule has 0 fully saturated rings. The molecule has 0 radical (unpaired) electrons. The molecule has 7 nitrogen and oxygen atoms in total. The molecule has 28 heavy (non-hydrogen) atoms. The van der Waals surface area contributed by atoms with Crippen LogP contribution in [0.3, 0.4) is 0 Å². The van der Waals surface area contributed by atoms with Crippen LogP contribution in [0.4, 0.5) is 0 Å². The Morgan fingerprint density at radius 1 is 0.679 bits per heavy atom. The Bertz CT molecular complexity index is 969. The minimum atomic E-state index is -0.129. The fourth-order valence-corrected chi connectivity index (χ4v) is 2.90. The molecule has 0 aliphatic heterocycles. The highest BCUT2D eigenvalue weighted by Crippen LogP contribution is 2.24. The molecule has 0 bridgehead atoms. The molecule has 4 N–H and O–H groups in total. The average Bonchev–Trinajstić information content (AvgIpc) is 3.38. The fraction of sp³-hybridized carbons (Fsp3) is 0.238. The number of pyridine rings is 2. The third-order valence-electron chi connectivity index (χ3n) is 4.58. The van der Waals surface area contributed by atoms with Crippen molar-refractivity contribution < 1.29 is 0 Å². The maximum absolute atomic E-state index is 5.85. The summed E-state index contributed by atoms with van der Waals surface area (Å²) < 4.78 is 0. The Morgan fingerprint density at radius 3 is 1.54 bits per heavy atom. The maximum Gasteiger partial charge on any atom is 0.123 e. The zero-order chi connectivity index (χ0) is 19.7. The van der Waals surface area contributed by atoms with Crippen molar-refractivity contribution in [2.75, 3.05) is 0 Å². The number of nitrogens with two attached hydrogens (primary N) is 1. The lowest BCUT2D eigenvalue weighted by molar-refractivity contribution is 0.756. The van der Waals surface area contributed by atoms with Crippen LogP contribution >= 0.6 is 0 Å². The zero-order valence-electron chi connectivity index (χ0n) is 16.1. The minimum absolute atomic E-state index is 0.129. The Kier molecular flexibility index (Phi) is 4.75. The van der Waals surface area contributed by atoms with Crippen molar-refractivity contribution >= 4 is 0 Å². The summed E-state index contributed by atoms with van der Waals surface area (Å²) in [4.78, 5) is 24.4. The van der Waals surface area contributed by atoms with E-state index in [0.29, 0.717) is 5.92 Å². The number of aromatic amines is 2. The summed E-state index contributed by atoms with van der Waals surface area (Å²) in [5.74, 6) is 2.10. The molecule has 0 aliphatic carbocycles. The first kappa shape index (κ1) is 18.1. The number of rotatable bonds is 5. The van der Waals surface area contributed by atoms with Crippen LogP contribution in [0.2, 0.25) is 0 Å². The normalized spacial score (nSPS) is 12.5. The van der Waals surface area contributed by atoms with Gasteiger partial charge in [0.2, 0.25) is 0 Å². The molecule has 0 aromatic carbocycles. The second-order valence-electron chi connectivity index (χ2n) is 7.17. The van der Waals surface area contributed by atoms with Gasteiger partial charge in [-0.25, -0.2) is 9.97 Å². The van der Waals surface area contributed by atoms with Crippen molar-refractivity contribution in [1.82, 2.24) is 29.9 Å². The third kappa shape index (κ3) is 3.57. The van der Waals surface area contributed by atoms with Gasteiger partial charge >= 0.3 is 0 Å². The number of imidazole rings is 2. The van der Waals surface area contributed by atoms with Crippen LogP contribution in [0.25, 0.3) is 33.9 Å². The van der Waals surface area contributed by atoms with Crippen LogP contribution in [0.15, 0.2) is 49.1 Å². The molecule has 0 spiro atoms. The SMILES string of the molecule is CC(C)c1ncc(-c2ccc(-c3ccc(-c4cnc([C@H](C)N)[nH]4)cn3)nc2)[nH]1. The van der Waals surface area contributed by atoms with Crippen LogP contribution in [0.1, 0.15) is 44.4 Å². The number of nitrogens with zero attached hydrogens (tertiary/aromatic N) is 4. The van der Waals surface area contributed by atoms with Gasteiger partial charge in [-0.3, -0.25) is 9.97 Å². The predicted molar refractivity (Wildman–Crippen MR) is 109 cm³/mol. The molecular formula is C21H23N7. The molecule has 0 amide bonds. The standard InChI is InChI=1S/C21H23N7/c1-12(2)20-25-10-18(27-20)14-4-6-16(23-8-14)17-7-5-15(9-24-17)19-11-26-21(28-19)13(3)22/h4-13H,22H2,1-3H3,(H,25,27)(H,26,28)/t13-/m0/s1. The number of hydrogen-bond acceptors (Lipinski definition) is 5. The van der Waals surface area contributed by atoms with Gasteiger partial charge in [0.15, 0.2) is 0 Å². The van der Waals surface area contributed by atoms with Crippen LogP contribution < -0.4 is 5.73 Å². The molecule has 4 aromatic heterocycles. The molecule has 4 rings (SSSR count). The largest absolute Gasteiger partial charge is 0.342 e. The third-order valence-corrected chi connectivity index (χ3v) is 4.58. The number of hydrogen-bond donors (Lipinski definition) is 3. The monoisotopic (exact) mass is 373 g/mol. The van der Waals surface area contributed by atoms with Crippen molar-refractivity contribution in [3.63, 3.8) is 0 Å². The molecule has 0 unspecified atom stereocenters. The van der Waals surface area contributed by atoms with E-state index < -0.39 is 0 Å². The minimum Gasteiger partial charge on any atom is -0.342 e. The lowest BCUT2D eigenvalue weighted by atomic mass is 10.1. The summed E-state index contributed by atoms with van der Waals surface area (Å²) >= 11 is 0. The molecule has 142 valence electrons. The quantitative estimate of drug-likeness (QED) is 0.488. The fourth-order valence-electron chi connectivity index (χ4n) is 2.90. The van der Waals surface area contributed by atoms with Gasteiger partial charge in [0.05, 0.1) is 41.2 Å². The van der Waals surface area contributed by atoms with Crippen molar-refractivity contribution in [2.45, 2.75) is 32.7 Å². The predicted octanol–water partition coefficient (Wildman–Crippen LogP) is 4.07. The van der Waals surface area contributed by atoms with Crippen molar-refractivity contribution in [1.29, 1.82) is 0 Å². The van der Waals surface area contributed by atoms with E-state index in [1.165, 1.54) is 0 Å². The van der Waals surface area contributed by atoms with E-state index in [0.717, 1.165) is 45.6 Å². The number of H-pyrrole nitrogens is 2. The lowest BCUT2D eigenvalue weighted by Gasteiger charge is -2.04. The van der Waals surface area contributed by atoms with Crippen LogP contribution in [-0.4, -0.2) is 29.9 Å². The van der Waals surface area contributed by atoms with Gasteiger partial charge in [-0.2, -0.15) is 0 Å². The molecular weight excluding hydrogens is 350 g/mol. The second-order valence-corrected chi connectivity index (χ2v) is 7.17. The van der Waals surface area contributed by atoms with Crippen molar-refractivity contribution in [3.05, 3.63) is 60.7 Å². The van der Waals surface area contributed by atoms with Crippen molar-refractivity contribution in [3.8, 4) is 33.9 Å². The topological polar surface area (TPSA) is 109 Å². The van der Waals surface area contributed by atoms with Gasteiger partial charge in [-0.1, -0.05) is 13.8 Å². The molecule has 0 saturated carbocycles. The first-order chi connectivity index (χ1) is 13.5. The van der Waals surface area contributed by atoms with Crippen molar-refractivity contribution in [2.24, 2.45) is 5.73 Å². The lowest BCUT2D eigenvalue weighted by Crippen LogP contribution is -2.06. The molecule has 7 heteroatoms. The first-order valence-electron chi connectivity index (χ1n) is 9.30. The summed E-state index contributed by atoms with van der Waals surface area (Å²) in [6.07, 6.45) is 7.28. The maximum atomic E-state index is 5.85. The highest BCUT2D eigenvalue weighted by Gasteiger charge is 2.10. The van der Waals surface area contributed by atoms with Gasteiger partial charge < -0.3 is 15.7 Å². The number of nitrogens with one attached hydrogen (secondary N) is 2. The van der Waals surface area contributed by atoms with E-state index >= 15 is 0 Å². The number of aromatic nitrogens is 6. The van der Waals surface area contributed by atoms with Gasteiger partial charge in [-0.15, -0.1) is 0 Å². The molecule has 1 atom stereocenters. The van der Waals surface area contributed by atoms with Crippen LogP contribution in [0, 0.1) is 0 Å². The van der Waals surface area contributed by atoms with Gasteiger partial charge in [0, 0.05) is 29.4 Å². The smallest absolute Gasteiger partial charge is 0.123 e. The summed E-state index contributed by atoms with van der Waals surface area (Å²) in [5, 5.41) is 0. The Balaban J connectivity index is 1.54. The highest BCUT2D eigenvalue weighted by atomic mass is 15.0. The molecule has 4 heterocycles. The summed E-state index contributed by atoms with van der Waals surface area (Å²) in [6.45, 7) is 6.12. The Morgan fingerprint density at radius 2 is 1.18 bits per heavy atom. The summed E-state index contributed by atoms with van der Waals surface area (Å²) in [5.41, 5.74) is 11.3. The first-order valence-corrected chi connectivity index (χ1v) is 9.30. The molecule has 0 saturated heterocycles. The average molecular weight is 373 g/mol. The van der Waals surface area contributed by atoms with Crippen LogP contribution in [-0.2, 0) is 0 Å². The van der Waals surface area contributed by atoms with Crippen LogP contribution in [0.5, 0.6) is 0 Å². The second kappa shape index (κ2) is 7.36. The van der Waals surface area contributed by atoms with Gasteiger partial charge in [-0.05, 0) is 31.2 Å². The van der Waals surface area contributed by atoms with E-state index in [2.05, 4.69) is 43.8 Å². The van der Waals surface area contributed by atoms with E-state index in [9.17, 15) is 0 Å². The highest BCUT2D eigenvalue weighted by molar-refractivity contribution is 5.65. The Labute approximate surface area is 163 Å². The summed E-state index contributed by atoms with van der Waals surface area (Å²) in [6, 6.07) is 7.82. The summed E-state index contributed by atoms with van der Waals surface area (Å²) in [7, 11) is 0. The van der Waals surface area contributed by atoms with E-state index in [1.54, 1.807) is 6.20 Å². The molecule has 4 aromatic rings. The zero-order valence-corrected chi connectivity index (χ0v) is 16.1. The van der Waals surface area contributed by atoms with E-state index in [-0.39, 0.29) is 6.04 Å². The van der Waals surface area contributed by atoms with Gasteiger partial charge in [0.25, 0.3) is 0 Å². The van der Waals surface area contributed by atoms with Gasteiger partial charge in [0.1, 0.15) is 11.6 Å². The van der Waals surface area contributed by atoms with E-state index in [4.69, 9.17) is 5.73 Å². The van der Waals surface area contributed by atoms with E-state index in [1.807, 2.05) is 49.8 Å². The molecule has 0 aliphatic rings. The Hall–Kier alpha value is -3.32.